The van der Waals surface area contributed by atoms with Crippen molar-refractivity contribution in [3.63, 3.8) is 0 Å². The molecule has 0 bridgehead atoms. The van der Waals surface area contributed by atoms with Gasteiger partial charge in [-0.3, -0.25) is 9.79 Å². The van der Waals surface area contributed by atoms with Gasteiger partial charge in [0.05, 0.1) is 22.7 Å². The molecule has 0 fully saturated rings. The van der Waals surface area contributed by atoms with E-state index in [1.54, 1.807) is 30.6 Å². The number of carbonyl (C=O) groups is 1. The van der Waals surface area contributed by atoms with Gasteiger partial charge in [-0.1, -0.05) is 0 Å². The van der Waals surface area contributed by atoms with Gasteiger partial charge < -0.3 is 10.4 Å². The molecule has 1 aromatic heterocycles. The number of hydrogen-bond donors (Lipinski definition) is 2. The second-order valence-electron chi connectivity index (χ2n) is 6.66. The smallest absolute Gasteiger partial charge is 0.307 e. The van der Waals surface area contributed by atoms with Crippen molar-refractivity contribution in [2.45, 2.75) is 29.2 Å². The van der Waals surface area contributed by atoms with Gasteiger partial charge in [0.2, 0.25) is 9.84 Å². The van der Waals surface area contributed by atoms with Crippen LogP contribution in [0.4, 0.5) is 15.2 Å². The van der Waals surface area contributed by atoms with Crippen molar-refractivity contribution >= 4 is 43.5 Å². The summed E-state index contributed by atoms with van der Waals surface area (Å²) >= 11 is 1.39. The average Bonchev–Trinajstić information content (AvgIpc) is 3.30. The Kier molecular flexibility index (Phi) is 5.12. The Morgan fingerprint density at radius 1 is 1.23 bits per heavy atom. The molecule has 1 aliphatic rings. The minimum absolute atomic E-state index is 0.0508. The van der Waals surface area contributed by atoms with E-state index in [1.165, 1.54) is 29.5 Å². The zero-order valence-electron chi connectivity index (χ0n) is 15.7. The van der Waals surface area contributed by atoms with E-state index < -0.39 is 39.0 Å². The lowest BCUT2D eigenvalue weighted by atomic mass is 10.0. The van der Waals surface area contributed by atoms with Crippen molar-refractivity contribution in [3.05, 3.63) is 64.4 Å². The molecule has 4 rings (SSSR count). The third kappa shape index (κ3) is 3.59. The Hall–Kier alpha value is -3.11. The van der Waals surface area contributed by atoms with Crippen molar-refractivity contribution < 1.29 is 22.7 Å². The first-order valence-electron chi connectivity index (χ1n) is 8.90. The van der Waals surface area contributed by atoms with Gasteiger partial charge in [0, 0.05) is 22.5 Å². The molecule has 0 spiro atoms. The van der Waals surface area contributed by atoms with Gasteiger partial charge >= 0.3 is 5.97 Å². The Bertz CT molecular complexity index is 1350. The van der Waals surface area contributed by atoms with E-state index in [1.807, 2.05) is 0 Å². The van der Waals surface area contributed by atoms with Crippen molar-refractivity contribution in [2.24, 2.45) is 4.99 Å². The van der Waals surface area contributed by atoms with E-state index in [-0.39, 0.29) is 21.0 Å². The quantitative estimate of drug-likeness (QED) is 0.604. The third-order valence-corrected chi connectivity index (χ3v) is 7.22. The number of halogens is 1. The predicted octanol–water partition coefficient (Wildman–Crippen LogP) is 2.51. The van der Waals surface area contributed by atoms with Gasteiger partial charge in [0.1, 0.15) is 10.7 Å². The van der Waals surface area contributed by atoms with Crippen LogP contribution in [-0.2, 0) is 14.6 Å². The molecule has 154 valence electrons. The topological polar surface area (TPSA) is 109 Å². The van der Waals surface area contributed by atoms with Crippen LogP contribution in [0.25, 0.3) is 5.57 Å². The van der Waals surface area contributed by atoms with Gasteiger partial charge in [-0.05, 0) is 48.9 Å². The second kappa shape index (κ2) is 7.62. The largest absolute Gasteiger partial charge is 0.481 e. The van der Waals surface area contributed by atoms with Crippen LogP contribution in [0, 0.1) is 5.82 Å². The Balaban J connectivity index is 1.83. The van der Waals surface area contributed by atoms with Gasteiger partial charge in [-0.15, -0.1) is 11.3 Å². The molecule has 0 amide bonds. The van der Waals surface area contributed by atoms with Crippen LogP contribution >= 0.6 is 11.3 Å². The summed E-state index contributed by atoms with van der Waals surface area (Å²) in [6, 6.07) is 7.73. The van der Waals surface area contributed by atoms with Crippen molar-refractivity contribution in [1.29, 1.82) is 0 Å². The molecule has 0 saturated heterocycles. The number of sulfone groups is 1. The maximum atomic E-state index is 14.8. The fourth-order valence-electron chi connectivity index (χ4n) is 3.37. The van der Waals surface area contributed by atoms with Gasteiger partial charge in [-0.25, -0.2) is 17.8 Å². The molecule has 1 unspecified atom stereocenters. The highest BCUT2D eigenvalue weighted by molar-refractivity contribution is 7.91. The molecular formula is C20H16FN3O4S2. The van der Waals surface area contributed by atoms with E-state index in [9.17, 15) is 22.7 Å². The Labute approximate surface area is 175 Å². The highest BCUT2D eigenvalue weighted by Gasteiger charge is 2.29. The summed E-state index contributed by atoms with van der Waals surface area (Å²) in [6.07, 6.45) is 1.22. The molecule has 1 aliphatic heterocycles. The summed E-state index contributed by atoms with van der Waals surface area (Å²) in [5.74, 6) is -2.07. The summed E-state index contributed by atoms with van der Waals surface area (Å²) in [5.41, 5.74) is 0.905. The van der Waals surface area contributed by atoms with Crippen LogP contribution in [0.2, 0.25) is 0 Å². The first-order valence-corrected chi connectivity index (χ1v) is 11.3. The minimum Gasteiger partial charge on any atom is -0.481 e. The fourth-order valence-corrected chi connectivity index (χ4v) is 5.47. The monoisotopic (exact) mass is 445 g/mol. The number of fused-ring (bicyclic) bond motifs is 1. The van der Waals surface area contributed by atoms with E-state index >= 15 is 0 Å². The molecule has 2 N–H and O–H groups in total. The first kappa shape index (κ1) is 20.2. The summed E-state index contributed by atoms with van der Waals surface area (Å²) in [6.45, 7) is 1.66. The van der Waals surface area contributed by atoms with E-state index in [4.69, 9.17) is 0 Å². The zero-order valence-corrected chi connectivity index (χ0v) is 17.3. The number of aliphatic carboxylic acids is 1. The maximum Gasteiger partial charge on any atom is 0.307 e. The lowest BCUT2D eigenvalue weighted by Crippen LogP contribution is -2.32. The third-order valence-electron chi connectivity index (χ3n) is 4.70. The van der Waals surface area contributed by atoms with Crippen LogP contribution < -0.4 is 15.9 Å². The number of carboxylic acid groups (broad SMARTS) is 1. The molecule has 0 saturated carbocycles. The van der Waals surface area contributed by atoms with Gasteiger partial charge in [0.15, 0.2) is 5.13 Å². The standard InChI is InChI=1S/C20H16FN3O4S2/c1-11-14(10-17(25)26)18-16(23-11)7-6-15(21)19(18)30(27,28)13-4-2-12(3-5-13)24-20-22-8-9-29-20/h2-9,11H,10H2,1H3,(H,22,24)(H,25,26). The molecule has 30 heavy (non-hydrogen) atoms. The minimum atomic E-state index is -4.26. The normalized spacial score (nSPS) is 15.5. The van der Waals surface area contributed by atoms with Gasteiger partial charge in [-0.2, -0.15) is 0 Å². The molecule has 10 heteroatoms. The lowest BCUT2D eigenvalue weighted by Gasteiger charge is -2.10. The van der Waals surface area contributed by atoms with Crippen molar-refractivity contribution in [1.82, 2.24) is 4.98 Å². The zero-order chi connectivity index (χ0) is 21.5. The number of nitrogens with zero attached hydrogens (tertiary/aromatic N) is 2. The summed E-state index contributed by atoms with van der Waals surface area (Å²) in [4.78, 5) is 19.0. The molecule has 0 aliphatic carbocycles. The highest BCUT2D eigenvalue weighted by atomic mass is 32.2. The molecule has 3 aromatic rings. The molecule has 2 heterocycles. The fraction of sp³-hybridized carbons (Fsp3) is 0.150. The summed E-state index contributed by atoms with van der Waals surface area (Å²) in [5, 5.41) is 15.0. The van der Waals surface area contributed by atoms with Crippen LogP contribution in [0.1, 0.15) is 13.3 Å². The maximum absolute atomic E-state index is 14.8. The van der Waals surface area contributed by atoms with Crippen LogP contribution in [0.5, 0.6) is 0 Å². The number of nitrogens with one attached hydrogen (secondary N) is 1. The number of carboxylic acids is 1. The van der Waals surface area contributed by atoms with E-state index in [0.717, 1.165) is 6.07 Å². The predicted molar refractivity (Wildman–Crippen MR) is 110 cm³/mol. The summed E-state index contributed by atoms with van der Waals surface area (Å²) < 4.78 is 41.4. The van der Waals surface area contributed by atoms with Crippen molar-refractivity contribution in [2.75, 3.05) is 5.32 Å². The molecule has 1 atom stereocenters. The van der Waals surface area contributed by atoms with Crippen molar-refractivity contribution in [3.8, 4) is 0 Å². The second-order valence-corrected chi connectivity index (χ2v) is 9.44. The highest BCUT2D eigenvalue weighted by Crippen LogP contribution is 2.25. The number of anilines is 2. The molecular weight excluding hydrogens is 429 g/mol. The number of rotatable bonds is 6. The summed E-state index contributed by atoms with van der Waals surface area (Å²) in [7, 11) is -4.26. The van der Waals surface area contributed by atoms with Crippen LogP contribution in [-0.4, -0.2) is 30.5 Å². The lowest BCUT2D eigenvalue weighted by molar-refractivity contribution is -0.135. The first-order chi connectivity index (χ1) is 14.3. The number of benzene rings is 2. The molecule has 7 nitrogen and oxygen atoms in total. The van der Waals surface area contributed by atoms with Gasteiger partial charge in [0.25, 0.3) is 0 Å². The van der Waals surface area contributed by atoms with Crippen LogP contribution in [0.3, 0.4) is 0 Å². The molecule has 2 aromatic carbocycles. The number of hydrogen-bond acceptors (Lipinski definition) is 7. The number of aromatic nitrogens is 1. The van der Waals surface area contributed by atoms with E-state index in [2.05, 4.69) is 15.3 Å². The SMILES string of the molecule is CC1N=c2ccc(F)c(S(=O)(=O)c3ccc(Nc4nccs4)cc3)c2=C1CC(=O)O. The number of thiazole rings is 1. The van der Waals surface area contributed by atoms with Crippen LogP contribution in [0.15, 0.2) is 62.8 Å². The molecule has 0 radical (unpaired) electrons. The van der Waals surface area contributed by atoms with E-state index in [0.29, 0.717) is 10.8 Å². The Morgan fingerprint density at radius 2 is 1.97 bits per heavy atom. The average molecular weight is 445 g/mol. The Morgan fingerprint density at radius 3 is 2.60 bits per heavy atom.